The van der Waals surface area contributed by atoms with Gasteiger partial charge in [0, 0.05) is 11.8 Å². The maximum atomic E-state index is 13.1. The summed E-state index contributed by atoms with van der Waals surface area (Å²) >= 11 is 0. The molecule has 0 aromatic heterocycles. The predicted molar refractivity (Wildman–Crippen MR) is 94.4 cm³/mol. The Bertz CT molecular complexity index is 542. The molecule has 0 radical (unpaired) electrons. The van der Waals surface area contributed by atoms with Crippen LogP contribution in [-0.2, 0) is 4.79 Å². The standard InChI is InChI=1S/C22H34O2/c1-21-11-9-16(23)13-15(21)5-7-17-18(21)10-12-22-14(6-8-19(17)22)3-2-4-20(22)24/h14-19,23H,2-13H2,1H3/t14-,15-,16+,17+,18-,19-,21-,22-/m0/s1. The summed E-state index contributed by atoms with van der Waals surface area (Å²) < 4.78 is 0. The first kappa shape index (κ1) is 15.9. The first-order chi connectivity index (χ1) is 11.6. The van der Waals surface area contributed by atoms with Gasteiger partial charge in [0.2, 0.25) is 0 Å². The Morgan fingerprint density at radius 3 is 2.62 bits per heavy atom. The first-order valence-corrected chi connectivity index (χ1v) is 10.8. The third-order valence-corrected chi connectivity index (χ3v) is 9.80. The lowest BCUT2D eigenvalue weighted by molar-refractivity contribution is -0.158. The molecule has 0 aliphatic heterocycles. The summed E-state index contributed by atoms with van der Waals surface area (Å²) in [5.41, 5.74) is 0.552. The summed E-state index contributed by atoms with van der Waals surface area (Å²) in [4.78, 5) is 13.1. The third-order valence-electron chi connectivity index (χ3n) is 9.80. The molecule has 2 nitrogen and oxygen atoms in total. The van der Waals surface area contributed by atoms with Gasteiger partial charge in [0.1, 0.15) is 5.78 Å². The van der Waals surface area contributed by atoms with Crippen molar-refractivity contribution in [2.75, 3.05) is 0 Å². The van der Waals surface area contributed by atoms with Gasteiger partial charge in [-0.25, -0.2) is 0 Å². The zero-order chi connectivity index (χ0) is 16.5. The highest BCUT2D eigenvalue weighted by Crippen LogP contribution is 2.69. The van der Waals surface area contributed by atoms with Crippen molar-refractivity contribution in [2.45, 2.75) is 90.1 Å². The highest BCUT2D eigenvalue weighted by Gasteiger charge is 2.64. The number of fused-ring (bicyclic) bond motifs is 4. The zero-order valence-corrected chi connectivity index (χ0v) is 15.3. The molecule has 2 heteroatoms. The van der Waals surface area contributed by atoms with Gasteiger partial charge < -0.3 is 5.11 Å². The second-order valence-electron chi connectivity index (χ2n) is 10.3. The van der Waals surface area contributed by atoms with Gasteiger partial charge in [0.25, 0.3) is 0 Å². The molecule has 1 N–H and O–H groups in total. The van der Waals surface area contributed by atoms with Crippen molar-refractivity contribution in [3.8, 4) is 0 Å². The quantitative estimate of drug-likeness (QED) is 0.696. The SMILES string of the molecule is C[C@]12CC[C@@H](O)C[C@@H]1CC[C@@H]1[C@@H]2CC[C@]23C(=O)CCC[C@H]2CC[C@@H]13. The minimum absolute atomic E-state index is 0.0506. The highest BCUT2D eigenvalue weighted by molar-refractivity contribution is 5.86. The molecule has 5 fully saturated rings. The van der Waals surface area contributed by atoms with Gasteiger partial charge in [0.15, 0.2) is 0 Å². The Hall–Kier alpha value is -0.370. The number of carbonyl (C=O) groups excluding carboxylic acids is 1. The number of rotatable bonds is 0. The molecule has 5 aliphatic rings. The van der Waals surface area contributed by atoms with E-state index in [0.29, 0.717) is 17.1 Å². The van der Waals surface area contributed by atoms with Crippen LogP contribution in [0.25, 0.3) is 0 Å². The monoisotopic (exact) mass is 330 g/mol. The van der Waals surface area contributed by atoms with E-state index in [0.717, 1.165) is 49.4 Å². The van der Waals surface area contributed by atoms with E-state index in [9.17, 15) is 9.90 Å². The van der Waals surface area contributed by atoms with E-state index in [1.807, 2.05) is 0 Å². The van der Waals surface area contributed by atoms with Crippen LogP contribution in [0.1, 0.15) is 84.0 Å². The maximum absolute atomic E-state index is 13.1. The average molecular weight is 331 g/mol. The van der Waals surface area contributed by atoms with Gasteiger partial charge in [-0.2, -0.15) is 0 Å². The fourth-order valence-electron chi connectivity index (χ4n) is 8.74. The number of ketones is 1. The molecule has 0 heterocycles. The van der Waals surface area contributed by atoms with E-state index >= 15 is 0 Å². The number of Topliss-reactive ketones (excluding diaryl/α,β-unsaturated/α-hetero) is 1. The molecule has 1 spiro atoms. The largest absolute Gasteiger partial charge is 0.393 e. The van der Waals surface area contributed by atoms with Crippen LogP contribution in [0.5, 0.6) is 0 Å². The summed E-state index contributed by atoms with van der Waals surface area (Å²) in [5.74, 6) is 4.46. The van der Waals surface area contributed by atoms with Crippen LogP contribution in [0.2, 0.25) is 0 Å². The summed E-state index contributed by atoms with van der Waals surface area (Å²) in [6.45, 7) is 2.55. The second-order valence-corrected chi connectivity index (χ2v) is 10.3. The second kappa shape index (κ2) is 5.32. The lowest BCUT2D eigenvalue weighted by Gasteiger charge is -2.61. The number of aliphatic hydroxyl groups is 1. The summed E-state index contributed by atoms with van der Waals surface area (Å²) in [6.07, 6.45) is 14.4. The molecule has 5 aliphatic carbocycles. The molecule has 5 saturated carbocycles. The summed E-state index contributed by atoms with van der Waals surface area (Å²) in [7, 11) is 0. The van der Waals surface area contributed by atoms with E-state index in [-0.39, 0.29) is 11.5 Å². The van der Waals surface area contributed by atoms with Crippen molar-refractivity contribution in [3.05, 3.63) is 0 Å². The Morgan fingerprint density at radius 1 is 0.917 bits per heavy atom. The number of hydrogen-bond donors (Lipinski definition) is 1. The molecular weight excluding hydrogens is 296 g/mol. The molecule has 0 aromatic carbocycles. The lowest BCUT2D eigenvalue weighted by Crippen LogP contribution is -2.57. The average Bonchev–Trinajstić information content (AvgIpc) is 2.97. The van der Waals surface area contributed by atoms with E-state index < -0.39 is 0 Å². The molecular formula is C22H34O2. The van der Waals surface area contributed by atoms with E-state index in [4.69, 9.17) is 0 Å². The molecule has 0 bridgehead atoms. The van der Waals surface area contributed by atoms with Crippen molar-refractivity contribution >= 4 is 5.78 Å². The van der Waals surface area contributed by atoms with Gasteiger partial charge >= 0.3 is 0 Å². The number of aliphatic hydroxyl groups excluding tert-OH is 1. The minimum Gasteiger partial charge on any atom is -0.393 e. The third kappa shape index (κ3) is 1.90. The van der Waals surface area contributed by atoms with E-state index in [2.05, 4.69) is 6.92 Å². The molecule has 8 atom stereocenters. The molecule has 24 heavy (non-hydrogen) atoms. The summed E-state index contributed by atoms with van der Waals surface area (Å²) in [6, 6.07) is 0. The van der Waals surface area contributed by atoms with Crippen LogP contribution in [0.3, 0.4) is 0 Å². The van der Waals surface area contributed by atoms with Crippen molar-refractivity contribution in [2.24, 2.45) is 40.4 Å². The van der Waals surface area contributed by atoms with Crippen LogP contribution in [0.4, 0.5) is 0 Å². The topological polar surface area (TPSA) is 37.3 Å². The van der Waals surface area contributed by atoms with Crippen molar-refractivity contribution < 1.29 is 9.90 Å². The molecule has 0 amide bonds. The number of carbonyl (C=O) groups is 1. The Kier molecular flexibility index (Phi) is 3.51. The zero-order valence-electron chi connectivity index (χ0n) is 15.3. The lowest BCUT2D eigenvalue weighted by atomic mass is 9.43. The summed E-state index contributed by atoms with van der Waals surface area (Å²) in [5, 5.41) is 10.2. The fourth-order valence-corrected chi connectivity index (χ4v) is 8.74. The number of hydrogen-bond acceptors (Lipinski definition) is 2. The Balaban J connectivity index is 1.48. The van der Waals surface area contributed by atoms with E-state index in [1.54, 1.807) is 0 Å². The Labute approximate surface area is 146 Å². The molecule has 134 valence electrons. The normalized spacial score (nSPS) is 56.8. The van der Waals surface area contributed by atoms with Crippen LogP contribution < -0.4 is 0 Å². The van der Waals surface area contributed by atoms with E-state index in [1.165, 1.54) is 51.4 Å². The highest BCUT2D eigenvalue weighted by atomic mass is 16.3. The minimum atomic E-state index is -0.0506. The predicted octanol–water partition coefficient (Wildman–Crippen LogP) is 4.74. The molecule has 0 saturated heterocycles. The van der Waals surface area contributed by atoms with Crippen molar-refractivity contribution in [1.29, 1.82) is 0 Å². The Morgan fingerprint density at radius 2 is 1.75 bits per heavy atom. The smallest absolute Gasteiger partial charge is 0.139 e. The molecule has 0 aromatic rings. The van der Waals surface area contributed by atoms with Crippen LogP contribution in [0.15, 0.2) is 0 Å². The van der Waals surface area contributed by atoms with Gasteiger partial charge in [-0.05, 0) is 106 Å². The fraction of sp³-hybridized carbons (Fsp3) is 0.955. The molecule has 0 unspecified atom stereocenters. The van der Waals surface area contributed by atoms with Gasteiger partial charge in [-0.15, -0.1) is 0 Å². The van der Waals surface area contributed by atoms with Gasteiger partial charge in [-0.3, -0.25) is 4.79 Å². The van der Waals surface area contributed by atoms with Gasteiger partial charge in [-0.1, -0.05) is 6.92 Å². The maximum Gasteiger partial charge on any atom is 0.139 e. The van der Waals surface area contributed by atoms with Crippen LogP contribution in [-0.4, -0.2) is 17.0 Å². The first-order valence-electron chi connectivity index (χ1n) is 10.8. The molecule has 5 rings (SSSR count). The van der Waals surface area contributed by atoms with Gasteiger partial charge in [0.05, 0.1) is 6.10 Å². The van der Waals surface area contributed by atoms with Crippen molar-refractivity contribution in [3.63, 3.8) is 0 Å². The van der Waals surface area contributed by atoms with Crippen LogP contribution in [0, 0.1) is 40.4 Å². The van der Waals surface area contributed by atoms with Crippen molar-refractivity contribution in [1.82, 2.24) is 0 Å². The van der Waals surface area contributed by atoms with Crippen LogP contribution >= 0.6 is 0 Å².